The molecule has 0 aliphatic heterocycles. The molecule has 0 bridgehead atoms. The summed E-state index contributed by atoms with van der Waals surface area (Å²) in [4.78, 5) is 22.7. The standard InChI is InChI=1S/C16H19N3O5/c1-3-14-18-19-16(24-14)11-5-7-12(8-6-11)23-10-13(20)17-9-15(21)22-4-2/h5-8H,3-4,9-10H2,1-2H3,(H,17,20). The van der Waals surface area contributed by atoms with Crippen molar-refractivity contribution in [3.63, 3.8) is 0 Å². The molecule has 2 rings (SSSR count). The molecule has 2 aromatic rings. The van der Waals surface area contributed by atoms with E-state index in [1.807, 2.05) is 6.92 Å². The minimum absolute atomic E-state index is 0.175. The fourth-order valence-electron chi connectivity index (χ4n) is 1.79. The average molecular weight is 333 g/mol. The number of esters is 1. The van der Waals surface area contributed by atoms with Gasteiger partial charge in [-0.1, -0.05) is 6.92 Å². The first-order valence-corrected chi connectivity index (χ1v) is 7.60. The van der Waals surface area contributed by atoms with Crippen LogP contribution in [-0.4, -0.2) is 41.8 Å². The van der Waals surface area contributed by atoms with Crippen LogP contribution in [-0.2, 0) is 20.7 Å². The van der Waals surface area contributed by atoms with Gasteiger partial charge in [-0.3, -0.25) is 9.59 Å². The molecular weight excluding hydrogens is 314 g/mol. The van der Waals surface area contributed by atoms with Crippen LogP contribution in [0.1, 0.15) is 19.7 Å². The highest BCUT2D eigenvalue weighted by Crippen LogP contribution is 2.21. The molecule has 1 amide bonds. The SMILES string of the molecule is CCOC(=O)CNC(=O)COc1ccc(-c2nnc(CC)o2)cc1. The largest absolute Gasteiger partial charge is 0.484 e. The molecule has 0 saturated heterocycles. The molecule has 1 aromatic heterocycles. The minimum Gasteiger partial charge on any atom is -0.484 e. The molecule has 0 spiro atoms. The van der Waals surface area contributed by atoms with Crippen LogP contribution in [0, 0.1) is 0 Å². The summed E-state index contributed by atoms with van der Waals surface area (Å²) < 4.78 is 15.5. The van der Waals surface area contributed by atoms with Crippen LogP contribution in [0.5, 0.6) is 5.75 Å². The van der Waals surface area contributed by atoms with E-state index >= 15 is 0 Å². The van der Waals surface area contributed by atoms with Crippen LogP contribution in [0.15, 0.2) is 28.7 Å². The first-order chi connectivity index (χ1) is 11.6. The maximum atomic E-state index is 11.6. The molecular formula is C16H19N3O5. The molecule has 1 N–H and O–H groups in total. The van der Waals surface area contributed by atoms with Crippen molar-refractivity contribution < 1.29 is 23.5 Å². The summed E-state index contributed by atoms with van der Waals surface area (Å²) in [5, 5.41) is 10.3. The number of hydrogen-bond donors (Lipinski definition) is 1. The predicted octanol–water partition coefficient (Wildman–Crippen LogP) is 1.36. The Morgan fingerprint density at radius 1 is 1.17 bits per heavy atom. The second-order valence-corrected chi connectivity index (χ2v) is 4.75. The zero-order valence-corrected chi connectivity index (χ0v) is 13.6. The summed E-state index contributed by atoms with van der Waals surface area (Å²) in [6.45, 7) is 3.54. The smallest absolute Gasteiger partial charge is 0.325 e. The highest BCUT2D eigenvalue weighted by molar-refractivity contribution is 5.82. The quantitative estimate of drug-likeness (QED) is 0.727. The Labute approximate surface area is 139 Å². The van der Waals surface area contributed by atoms with E-state index in [2.05, 4.69) is 15.5 Å². The summed E-state index contributed by atoms with van der Waals surface area (Å²) in [6.07, 6.45) is 0.676. The topological polar surface area (TPSA) is 104 Å². The molecule has 0 unspecified atom stereocenters. The Hall–Kier alpha value is -2.90. The van der Waals surface area contributed by atoms with E-state index in [1.165, 1.54) is 0 Å². The van der Waals surface area contributed by atoms with Gasteiger partial charge in [0.25, 0.3) is 5.91 Å². The number of aromatic nitrogens is 2. The van der Waals surface area contributed by atoms with E-state index < -0.39 is 11.9 Å². The van der Waals surface area contributed by atoms with Crippen LogP contribution in [0.4, 0.5) is 0 Å². The second kappa shape index (κ2) is 8.66. The van der Waals surface area contributed by atoms with E-state index in [1.54, 1.807) is 31.2 Å². The number of nitrogens with one attached hydrogen (secondary N) is 1. The Morgan fingerprint density at radius 3 is 2.54 bits per heavy atom. The molecule has 24 heavy (non-hydrogen) atoms. The van der Waals surface area contributed by atoms with Crippen LogP contribution >= 0.6 is 0 Å². The van der Waals surface area contributed by atoms with Crippen LogP contribution in [0.2, 0.25) is 0 Å². The van der Waals surface area contributed by atoms with Crippen molar-refractivity contribution in [2.75, 3.05) is 19.8 Å². The minimum atomic E-state index is -0.485. The number of amides is 1. The number of rotatable bonds is 8. The van der Waals surface area contributed by atoms with E-state index in [-0.39, 0.29) is 19.8 Å². The molecule has 8 heteroatoms. The van der Waals surface area contributed by atoms with Gasteiger partial charge in [-0.15, -0.1) is 10.2 Å². The Morgan fingerprint density at radius 2 is 1.92 bits per heavy atom. The fourth-order valence-corrected chi connectivity index (χ4v) is 1.79. The van der Waals surface area contributed by atoms with Gasteiger partial charge in [0.05, 0.1) is 6.61 Å². The number of nitrogens with zero attached hydrogens (tertiary/aromatic N) is 2. The number of ether oxygens (including phenoxy) is 2. The molecule has 0 saturated carbocycles. The fraction of sp³-hybridized carbons (Fsp3) is 0.375. The first-order valence-electron chi connectivity index (χ1n) is 7.60. The second-order valence-electron chi connectivity index (χ2n) is 4.75. The molecule has 0 atom stereocenters. The van der Waals surface area contributed by atoms with Gasteiger partial charge in [-0.25, -0.2) is 0 Å². The Bertz CT molecular complexity index is 681. The third-order valence-corrected chi connectivity index (χ3v) is 2.98. The lowest BCUT2D eigenvalue weighted by molar-refractivity contribution is -0.143. The van der Waals surface area contributed by atoms with E-state index in [0.717, 1.165) is 5.56 Å². The van der Waals surface area contributed by atoms with E-state index in [4.69, 9.17) is 13.9 Å². The highest BCUT2D eigenvalue weighted by atomic mass is 16.5. The van der Waals surface area contributed by atoms with Gasteiger partial charge in [-0.05, 0) is 31.2 Å². The summed E-state index contributed by atoms with van der Waals surface area (Å²) in [7, 11) is 0. The molecule has 8 nitrogen and oxygen atoms in total. The monoisotopic (exact) mass is 333 g/mol. The molecule has 0 fully saturated rings. The number of aryl methyl sites for hydroxylation is 1. The number of hydrogen-bond acceptors (Lipinski definition) is 7. The van der Waals surface area contributed by atoms with Crippen LogP contribution < -0.4 is 10.1 Å². The average Bonchev–Trinajstić information content (AvgIpc) is 3.08. The van der Waals surface area contributed by atoms with Crippen molar-refractivity contribution in [1.29, 1.82) is 0 Å². The maximum absolute atomic E-state index is 11.6. The number of benzene rings is 1. The van der Waals surface area contributed by atoms with Crippen molar-refractivity contribution in [2.24, 2.45) is 0 Å². The third kappa shape index (κ3) is 5.08. The lowest BCUT2D eigenvalue weighted by Gasteiger charge is -2.07. The normalized spacial score (nSPS) is 10.2. The Kier molecular flexibility index (Phi) is 6.30. The van der Waals surface area contributed by atoms with Gasteiger partial charge in [0, 0.05) is 12.0 Å². The molecule has 0 aliphatic carbocycles. The number of carbonyl (C=O) groups excluding carboxylic acids is 2. The molecule has 128 valence electrons. The summed E-state index contributed by atoms with van der Waals surface area (Å²) in [6, 6.07) is 6.92. The predicted molar refractivity (Wildman–Crippen MR) is 84.2 cm³/mol. The summed E-state index contributed by atoms with van der Waals surface area (Å²) in [5.41, 5.74) is 0.765. The van der Waals surface area contributed by atoms with Gasteiger partial charge >= 0.3 is 5.97 Å². The van der Waals surface area contributed by atoms with Crippen molar-refractivity contribution in [1.82, 2.24) is 15.5 Å². The van der Waals surface area contributed by atoms with Crippen molar-refractivity contribution in [3.8, 4) is 17.2 Å². The zero-order chi connectivity index (χ0) is 17.4. The lowest BCUT2D eigenvalue weighted by atomic mass is 10.2. The van der Waals surface area contributed by atoms with Crippen LogP contribution in [0.25, 0.3) is 11.5 Å². The van der Waals surface area contributed by atoms with Gasteiger partial charge in [0.2, 0.25) is 11.8 Å². The molecule has 0 aliphatic rings. The molecule has 1 aromatic carbocycles. The van der Waals surface area contributed by atoms with Gasteiger partial charge in [-0.2, -0.15) is 0 Å². The molecule has 0 radical (unpaired) electrons. The lowest BCUT2D eigenvalue weighted by Crippen LogP contribution is -2.34. The maximum Gasteiger partial charge on any atom is 0.325 e. The zero-order valence-electron chi connectivity index (χ0n) is 13.6. The van der Waals surface area contributed by atoms with Crippen molar-refractivity contribution in [2.45, 2.75) is 20.3 Å². The summed E-state index contributed by atoms with van der Waals surface area (Å²) >= 11 is 0. The number of carbonyl (C=O) groups is 2. The van der Waals surface area contributed by atoms with Crippen molar-refractivity contribution >= 4 is 11.9 Å². The summed E-state index contributed by atoms with van der Waals surface area (Å²) in [5.74, 6) is 0.632. The highest BCUT2D eigenvalue weighted by Gasteiger charge is 2.09. The molecule has 1 heterocycles. The first kappa shape index (κ1) is 17.5. The van der Waals surface area contributed by atoms with E-state index in [9.17, 15) is 9.59 Å². The van der Waals surface area contributed by atoms with E-state index in [0.29, 0.717) is 24.0 Å². The van der Waals surface area contributed by atoms with Gasteiger partial charge in [0.15, 0.2) is 6.61 Å². The Balaban J connectivity index is 1.81. The third-order valence-electron chi connectivity index (χ3n) is 2.98. The van der Waals surface area contributed by atoms with Crippen LogP contribution in [0.3, 0.4) is 0 Å². The van der Waals surface area contributed by atoms with Gasteiger partial charge < -0.3 is 19.2 Å². The van der Waals surface area contributed by atoms with Crippen molar-refractivity contribution in [3.05, 3.63) is 30.2 Å². The van der Waals surface area contributed by atoms with Gasteiger partial charge in [0.1, 0.15) is 12.3 Å².